The van der Waals surface area contributed by atoms with Gasteiger partial charge in [0.15, 0.2) is 5.82 Å². The van der Waals surface area contributed by atoms with E-state index in [1.807, 2.05) is 0 Å². The van der Waals surface area contributed by atoms with Crippen LogP contribution in [-0.4, -0.2) is 27.6 Å². The molecule has 1 amide bonds. The molecule has 0 atom stereocenters. The molecular weight excluding hydrogens is 311 g/mol. The van der Waals surface area contributed by atoms with E-state index in [-0.39, 0.29) is 11.7 Å². The number of halogens is 1. The highest BCUT2D eigenvalue weighted by atomic mass is 19.1. The highest BCUT2D eigenvalue weighted by Crippen LogP contribution is 2.17. The van der Waals surface area contributed by atoms with Crippen molar-refractivity contribution in [3.63, 3.8) is 0 Å². The van der Waals surface area contributed by atoms with E-state index in [0.29, 0.717) is 35.9 Å². The number of pyridine rings is 1. The summed E-state index contributed by atoms with van der Waals surface area (Å²) in [5.41, 5.74) is 1.91. The Morgan fingerprint density at radius 1 is 1.21 bits per heavy atom. The number of aromatic nitrogens is 3. The van der Waals surface area contributed by atoms with Gasteiger partial charge in [-0.2, -0.15) is 4.98 Å². The van der Waals surface area contributed by atoms with Crippen molar-refractivity contribution in [2.45, 2.75) is 13.3 Å². The zero-order valence-corrected chi connectivity index (χ0v) is 13.0. The van der Waals surface area contributed by atoms with Crippen LogP contribution in [0.3, 0.4) is 0 Å². The van der Waals surface area contributed by atoms with E-state index >= 15 is 0 Å². The van der Waals surface area contributed by atoms with Crippen LogP contribution in [0.5, 0.6) is 0 Å². The first-order valence-corrected chi connectivity index (χ1v) is 7.41. The van der Waals surface area contributed by atoms with Gasteiger partial charge < -0.3 is 9.84 Å². The van der Waals surface area contributed by atoms with Crippen LogP contribution < -0.4 is 5.32 Å². The highest BCUT2D eigenvalue weighted by molar-refractivity contribution is 5.94. The zero-order chi connectivity index (χ0) is 16.9. The number of benzene rings is 1. The number of nitrogens with one attached hydrogen (secondary N) is 1. The number of amides is 1. The van der Waals surface area contributed by atoms with Crippen molar-refractivity contribution in [1.29, 1.82) is 0 Å². The molecular formula is C17H15FN4O2. The molecule has 0 saturated heterocycles. The number of hydrogen-bond donors (Lipinski definition) is 1. The molecule has 24 heavy (non-hydrogen) atoms. The highest BCUT2D eigenvalue weighted by Gasteiger charge is 2.08. The maximum absolute atomic E-state index is 12.9. The van der Waals surface area contributed by atoms with Gasteiger partial charge in [0.2, 0.25) is 5.89 Å². The average molecular weight is 326 g/mol. The van der Waals surface area contributed by atoms with Gasteiger partial charge in [-0.05, 0) is 43.3 Å². The van der Waals surface area contributed by atoms with E-state index in [1.54, 1.807) is 31.2 Å². The lowest BCUT2D eigenvalue weighted by Gasteiger charge is -2.05. The minimum absolute atomic E-state index is 0.232. The van der Waals surface area contributed by atoms with Gasteiger partial charge in [0.05, 0.1) is 11.3 Å². The molecule has 3 rings (SSSR count). The smallest absolute Gasteiger partial charge is 0.252 e. The molecule has 0 bridgehead atoms. The Kier molecular flexibility index (Phi) is 4.60. The first-order valence-electron chi connectivity index (χ1n) is 7.41. The molecule has 0 aliphatic carbocycles. The number of carbonyl (C=O) groups excluding carboxylic acids is 1. The van der Waals surface area contributed by atoms with Crippen LogP contribution in [0, 0.1) is 12.7 Å². The molecule has 0 aliphatic heterocycles. The quantitative estimate of drug-likeness (QED) is 0.779. The summed E-state index contributed by atoms with van der Waals surface area (Å²) in [6.45, 7) is 2.13. The number of carbonyl (C=O) groups is 1. The summed E-state index contributed by atoms with van der Waals surface area (Å²) in [6.07, 6.45) is 1.96. The van der Waals surface area contributed by atoms with Gasteiger partial charge in [-0.25, -0.2) is 4.39 Å². The molecule has 1 N–H and O–H groups in total. The minimum Gasteiger partial charge on any atom is -0.351 e. The van der Waals surface area contributed by atoms with Gasteiger partial charge in [-0.15, -0.1) is 0 Å². The van der Waals surface area contributed by atoms with E-state index in [9.17, 15) is 9.18 Å². The largest absolute Gasteiger partial charge is 0.351 e. The summed E-state index contributed by atoms with van der Waals surface area (Å²) in [7, 11) is 0. The summed E-state index contributed by atoms with van der Waals surface area (Å²) in [6, 6.07) is 9.43. The molecule has 122 valence electrons. The summed E-state index contributed by atoms with van der Waals surface area (Å²) in [5, 5.41) is 6.45. The second-order valence-corrected chi connectivity index (χ2v) is 5.18. The second kappa shape index (κ2) is 6.99. The lowest BCUT2D eigenvalue weighted by atomic mass is 10.1. The predicted octanol–water partition coefficient (Wildman–Crippen LogP) is 2.55. The molecule has 7 heteroatoms. The Bertz CT molecular complexity index is 829. The topological polar surface area (TPSA) is 80.9 Å². The van der Waals surface area contributed by atoms with Crippen LogP contribution in [0.15, 0.2) is 47.1 Å². The maximum atomic E-state index is 12.9. The monoisotopic (exact) mass is 326 g/mol. The molecule has 3 aromatic rings. The van der Waals surface area contributed by atoms with Gasteiger partial charge >= 0.3 is 0 Å². The second-order valence-electron chi connectivity index (χ2n) is 5.18. The standard InChI is InChI=1S/C17H15FN4O2/c1-11-21-16(24-22-11)8-9-19-17(23)13-4-7-15(20-10-13)12-2-5-14(18)6-3-12/h2-7,10H,8-9H2,1H3,(H,19,23). The SMILES string of the molecule is Cc1noc(CCNC(=O)c2ccc(-c3ccc(F)cc3)nc2)n1. The van der Waals surface area contributed by atoms with Crippen molar-refractivity contribution in [3.8, 4) is 11.3 Å². The fraction of sp³-hybridized carbons (Fsp3) is 0.176. The zero-order valence-electron chi connectivity index (χ0n) is 13.0. The molecule has 6 nitrogen and oxygen atoms in total. The molecule has 0 aliphatic rings. The summed E-state index contributed by atoms with van der Waals surface area (Å²) in [4.78, 5) is 20.4. The molecule has 0 fully saturated rings. The van der Waals surface area contributed by atoms with Crippen LogP contribution in [0.1, 0.15) is 22.1 Å². The number of nitrogens with zero attached hydrogens (tertiary/aromatic N) is 3. The third-order valence-corrected chi connectivity index (χ3v) is 3.36. The van der Waals surface area contributed by atoms with Crippen LogP contribution in [0.4, 0.5) is 4.39 Å². The van der Waals surface area contributed by atoms with Gasteiger partial charge in [-0.3, -0.25) is 9.78 Å². The van der Waals surface area contributed by atoms with Crippen LogP contribution in [0.25, 0.3) is 11.3 Å². The van der Waals surface area contributed by atoms with Crippen molar-refractivity contribution >= 4 is 5.91 Å². The fourth-order valence-electron chi connectivity index (χ4n) is 2.15. The molecule has 0 saturated carbocycles. The predicted molar refractivity (Wildman–Crippen MR) is 84.7 cm³/mol. The normalized spacial score (nSPS) is 10.6. The van der Waals surface area contributed by atoms with E-state index in [1.165, 1.54) is 18.3 Å². The Balaban J connectivity index is 1.58. The van der Waals surface area contributed by atoms with Crippen molar-refractivity contribution in [3.05, 3.63) is 65.7 Å². The van der Waals surface area contributed by atoms with E-state index in [0.717, 1.165) is 5.56 Å². The lowest BCUT2D eigenvalue weighted by Crippen LogP contribution is -2.25. The van der Waals surface area contributed by atoms with Gasteiger partial charge in [0.1, 0.15) is 5.82 Å². The molecule has 0 unspecified atom stereocenters. The maximum Gasteiger partial charge on any atom is 0.252 e. The van der Waals surface area contributed by atoms with E-state index in [4.69, 9.17) is 4.52 Å². The number of rotatable bonds is 5. The van der Waals surface area contributed by atoms with Crippen molar-refractivity contribution in [2.75, 3.05) is 6.54 Å². The molecule has 1 aromatic carbocycles. The first-order chi connectivity index (χ1) is 11.6. The lowest BCUT2D eigenvalue weighted by molar-refractivity contribution is 0.0953. The summed E-state index contributed by atoms with van der Waals surface area (Å²) < 4.78 is 17.9. The van der Waals surface area contributed by atoms with Crippen molar-refractivity contribution in [1.82, 2.24) is 20.4 Å². The molecule has 2 aromatic heterocycles. The third-order valence-electron chi connectivity index (χ3n) is 3.36. The molecule has 0 radical (unpaired) electrons. The van der Waals surface area contributed by atoms with Gasteiger partial charge in [0, 0.05) is 24.7 Å². The Morgan fingerprint density at radius 3 is 2.62 bits per heavy atom. The molecule has 0 spiro atoms. The Hall–Kier alpha value is -3.09. The van der Waals surface area contributed by atoms with E-state index < -0.39 is 0 Å². The Labute approximate surface area is 137 Å². The molecule has 2 heterocycles. The fourth-order valence-corrected chi connectivity index (χ4v) is 2.15. The van der Waals surface area contributed by atoms with Crippen LogP contribution >= 0.6 is 0 Å². The van der Waals surface area contributed by atoms with Gasteiger partial charge in [0.25, 0.3) is 5.91 Å². The van der Waals surface area contributed by atoms with Crippen molar-refractivity contribution in [2.24, 2.45) is 0 Å². The Morgan fingerprint density at radius 2 is 2.00 bits per heavy atom. The van der Waals surface area contributed by atoms with Crippen molar-refractivity contribution < 1.29 is 13.7 Å². The van der Waals surface area contributed by atoms with Crippen LogP contribution in [0.2, 0.25) is 0 Å². The van der Waals surface area contributed by atoms with Gasteiger partial charge in [-0.1, -0.05) is 5.16 Å². The summed E-state index contributed by atoms with van der Waals surface area (Å²) >= 11 is 0. The number of hydrogen-bond acceptors (Lipinski definition) is 5. The van der Waals surface area contributed by atoms with E-state index in [2.05, 4.69) is 20.4 Å². The van der Waals surface area contributed by atoms with Crippen LogP contribution in [-0.2, 0) is 6.42 Å². The third kappa shape index (κ3) is 3.81. The summed E-state index contributed by atoms with van der Waals surface area (Å²) in [5.74, 6) is 0.519. The minimum atomic E-state index is -0.300. The number of aryl methyl sites for hydroxylation is 1. The first kappa shape index (κ1) is 15.8. The average Bonchev–Trinajstić information content (AvgIpc) is 3.01.